The van der Waals surface area contributed by atoms with Crippen molar-refractivity contribution in [3.05, 3.63) is 29.8 Å². The minimum Gasteiger partial charge on any atom is -0.326 e. The second-order valence-corrected chi connectivity index (χ2v) is 5.71. The number of benzene rings is 1. The lowest BCUT2D eigenvalue weighted by Gasteiger charge is -2.08. The van der Waals surface area contributed by atoms with Gasteiger partial charge >= 0.3 is 0 Å². The summed E-state index contributed by atoms with van der Waals surface area (Å²) in [5.41, 5.74) is 2.15. The fourth-order valence-corrected chi connectivity index (χ4v) is 2.24. The highest BCUT2D eigenvalue weighted by Gasteiger charge is 2.19. The van der Waals surface area contributed by atoms with Crippen LogP contribution in [0.15, 0.2) is 24.3 Å². The van der Waals surface area contributed by atoms with Gasteiger partial charge in [-0.2, -0.15) is 0 Å². The van der Waals surface area contributed by atoms with Crippen LogP contribution in [-0.4, -0.2) is 11.9 Å². The number of anilines is 1. The first-order chi connectivity index (χ1) is 9.78. The van der Waals surface area contributed by atoms with Crippen LogP contribution in [0.25, 0.3) is 0 Å². The molecule has 0 bridgehead atoms. The van der Waals surface area contributed by atoms with Gasteiger partial charge in [0.15, 0.2) is 0 Å². The van der Waals surface area contributed by atoms with Crippen LogP contribution in [0.5, 0.6) is 0 Å². The number of amides is 1. The number of hydrogen-bond acceptors (Lipinski definition) is 2. The van der Waals surface area contributed by atoms with Gasteiger partial charge in [-0.15, -0.1) is 0 Å². The van der Waals surface area contributed by atoms with Gasteiger partial charge in [0.05, 0.1) is 0 Å². The Hall–Kier alpha value is -1.35. The first kappa shape index (κ1) is 15.0. The quantitative estimate of drug-likeness (QED) is 0.672. The van der Waals surface area contributed by atoms with E-state index in [4.69, 9.17) is 0 Å². The summed E-state index contributed by atoms with van der Waals surface area (Å²) >= 11 is 0. The fraction of sp³-hybridized carbons (Fsp3) is 0.588. The molecule has 1 fully saturated rings. The van der Waals surface area contributed by atoms with Crippen molar-refractivity contribution in [1.82, 2.24) is 5.32 Å². The molecule has 2 N–H and O–H groups in total. The smallest absolute Gasteiger partial charge is 0.224 e. The lowest BCUT2D eigenvalue weighted by molar-refractivity contribution is -0.116. The number of carbonyl (C=O) groups is 1. The third kappa shape index (κ3) is 5.74. The first-order valence-electron chi connectivity index (χ1n) is 7.90. The number of carbonyl (C=O) groups excluding carboxylic acids is 1. The maximum atomic E-state index is 11.8. The summed E-state index contributed by atoms with van der Waals surface area (Å²) in [5.74, 6) is 0.133. The number of unbranched alkanes of at least 4 members (excludes halogenated alkanes) is 3. The second kappa shape index (κ2) is 8.05. The van der Waals surface area contributed by atoms with Crippen LogP contribution in [0.3, 0.4) is 0 Å². The Morgan fingerprint density at radius 2 is 2.10 bits per heavy atom. The molecule has 0 aliphatic heterocycles. The third-order valence-corrected chi connectivity index (χ3v) is 3.64. The topological polar surface area (TPSA) is 41.1 Å². The van der Waals surface area contributed by atoms with Crippen molar-refractivity contribution in [2.75, 3.05) is 5.32 Å². The molecule has 1 aliphatic carbocycles. The van der Waals surface area contributed by atoms with Crippen LogP contribution in [0.2, 0.25) is 0 Å². The molecule has 1 aromatic rings. The van der Waals surface area contributed by atoms with Crippen molar-refractivity contribution >= 4 is 11.6 Å². The molecule has 1 aromatic carbocycles. The highest BCUT2D eigenvalue weighted by Crippen LogP contribution is 2.20. The van der Waals surface area contributed by atoms with Crippen molar-refractivity contribution in [2.24, 2.45) is 0 Å². The predicted molar refractivity (Wildman–Crippen MR) is 83.7 cm³/mol. The van der Waals surface area contributed by atoms with Crippen molar-refractivity contribution in [1.29, 1.82) is 0 Å². The summed E-state index contributed by atoms with van der Waals surface area (Å²) in [6.07, 6.45) is 7.79. The Morgan fingerprint density at radius 3 is 2.85 bits per heavy atom. The van der Waals surface area contributed by atoms with Gasteiger partial charge in [0, 0.05) is 24.7 Å². The molecule has 3 heteroatoms. The molecule has 0 radical (unpaired) electrons. The molecule has 0 aromatic heterocycles. The van der Waals surface area contributed by atoms with Crippen LogP contribution < -0.4 is 10.6 Å². The Balaban J connectivity index is 1.73. The largest absolute Gasteiger partial charge is 0.326 e. The molecule has 0 heterocycles. The zero-order valence-electron chi connectivity index (χ0n) is 12.5. The normalized spacial score (nSPS) is 14.2. The molecular formula is C17H26N2O. The minimum atomic E-state index is 0.133. The van der Waals surface area contributed by atoms with E-state index >= 15 is 0 Å². The fourth-order valence-electron chi connectivity index (χ4n) is 2.24. The van der Waals surface area contributed by atoms with Gasteiger partial charge in [0.1, 0.15) is 0 Å². The van der Waals surface area contributed by atoms with E-state index in [2.05, 4.69) is 29.7 Å². The molecule has 0 atom stereocenters. The number of nitrogens with one attached hydrogen (secondary N) is 2. The Morgan fingerprint density at radius 1 is 1.25 bits per heavy atom. The van der Waals surface area contributed by atoms with Crippen molar-refractivity contribution in [3.8, 4) is 0 Å². The van der Waals surface area contributed by atoms with Gasteiger partial charge in [-0.05, 0) is 37.0 Å². The molecule has 0 saturated heterocycles. The Labute approximate surface area is 122 Å². The van der Waals surface area contributed by atoms with Gasteiger partial charge < -0.3 is 10.6 Å². The van der Waals surface area contributed by atoms with Gasteiger partial charge in [0.2, 0.25) is 5.91 Å². The molecule has 0 unspecified atom stereocenters. The van der Waals surface area contributed by atoms with Gasteiger partial charge in [-0.1, -0.05) is 38.3 Å². The van der Waals surface area contributed by atoms with Gasteiger partial charge in [-0.3, -0.25) is 4.79 Å². The second-order valence-electron chi connectivity index (χ2n) is 5.71. The molecule has 2 rings (SSSR count). The summed E-state index contributed by atoms with van der Waals surface area (Å²) in [7, 11) is 0. The van der Waals surface area contributed by atoms with Gasteiger partial charge in [0.25, 0.3) is 0 Å². The summed E-state index contributed by atoms with van der Waals surface area (Å²) in [6.45, 7) is 3.08. The standard InChI is InChI=1S/C17H26N2O/c1-2-3-4-5-9-17(20)19-16-8-6-7-14(12-16)13-18-15-10-11-15/h6-8,12,15,18H,2-5,9-11,13H2,1H3,(H,19,20). The van der Waals surface area contributed by atoms with Crippen molar-refractivity contribution in [2.45, 2.75) is 64.5 Å². The Bertz CT molecular complexity index is 427. The highest BCUT2D eigenvalue weighted by molar-refractivity contribution is 5.90. The lowest BCUT2D eigenvalue weighted by Crippen LogP contribution is -2.16. The molecule has 110 valence electrons. The van der Waals surface area contributed by atoms with E-state index in [0.717, 1.165) is 25.1 Å². The van der Waals surface area contributed by atoms with E-state index in [1.165, 1.54) is 31.2 Å². The van der Waals surface area contributed by atoms with Crippen LogP contribution >= 0.6 is 0 Å². The van der Waals surface area contributed by atoms with E-state index in [1.807, 2.05) is 12.1 Å². The predicted octanol–water partition coefficient (Wildman–Crippen LogP) is 3.85. The molecule has 1 aliphatic rings. The summed E-state index contributed by atoms with van der Waals surface area (Å²) in [4.78, 5) is 11.8. The van der Waals surface area contributed by atoms with Crippen LogP contribution in [0, 0.1) is 0 Å². The molecule has 1 amide bonds. The zero-order valence-corrected chi connectivity index (χ0v) is 12.5. The van der Waals surface area contributed by atoms with E-state index in [-0.39, 0.29) is 5.91 Å². The van der Waals surface area contributed by atoms with Crippen LogP contribution in [0.4, 0.5) is 5.69 Å². The van der Waals surface area contributed by atoms with Gasteiger partial charge in [-0.25, -0.2) is 0 Å². The summed E-state index contributed by atoms with van der Waals surface area (Å²) in [5, 5.41) is 6.48. The lowest BCUT2D eigenvalue weighted by atomic mass is 10.1. The molecule has 0 spiro atoms. The SMILES string of the molecule is CCCCCCC(=O)Nc1cccc(CNC2CC2)c1. The molecular weight excluding hydrogens is 248 g/mol. The monoisotopic (exact) mass is 274 g/mol. The molecule has 20 heavy (non-hydrogen) atoms. The third-order valence-electron chi connectivity index (χ3n) is 3.64. The van der Waals surface area contributed by atoms with Crippen LogP contribution in [0.1, 0.15) is 57.4 Å². The highest BCUT2D eigenvalue weighted by atomic mass is 16.1. The number of rotatable bonds is 9. The van der Waals surface area contributed by atoms with Crippen molar-refractivity contribution in [3.63, 3.8) is 0 Å². The van der Waals surface area contributed by atoms with E-state index in [0.29, 0.717) is 12.5 Å². The molecule has 1 saturated carbocycles. The maximum absolute atomic E-state index is 11.8. The minimum absolute atomic E-state index is 0.133. The van der Waals surface area contributed by atoms with E-state index in [1.54, 1.807) is 0 Å². The van der Waals surface area contributed by atoms with E-state index < -0.39 is 0 Å². The Kier molecular flexibility index (Phi) is 6.06. The summed E-state index contributed by atoms with van der Waals surface area (Å²) in [6, 6.07) is 8.86. The average Bonchev–Trinajstić information content (AvgIpc) is 3.26. The van der Waals surface area contributed by atoms with Crippen LogP contribution in [-0.2, 0) is 11.3 Å². The van der Waals surface area contributed by atoms with E-state index in [9.17, 15) is 4.79 Å². The molecule has 3 nitrogen and oxygen atoms in total. The first-order valence-corrected chi connectivity index (χ1v) is 7.90. The van der Waals surface area contributed by atoms with Crippen molar-refractivity contribution < 1.29 is 4.79 Å². The zero-order chi connectivity index (χ0) is 14.2. The summed E-state index contributed by atoms with van der Waals surface area (Å²) < 4.78 is 0. The maximum Gasteiger partial charge on any atom is 0.224 e. The number of hydrogen-bond donors (Lipinski definition) is 2. The average molecular weight is 274 g/mol.